The second kappa shape index (κ2) is 4.33. The first-order valence-corrected chi connectivity index (χ1v) is 7.32. The van der Waals surface area contributed by atoms with E-state index >= 15 is 0 Å². The summed E-state index contributed by atoms with van der Waals surface area (Å²) in [6.45, 7) is 0. The molecule has 0 saturated heterocycles. The first kappa shape index (κ1) is 11.9. The van der Waals surface area contributed by atoms with E-state index in [-0.39, 0.29) is 5.56 Å². The van der Waals surface area contributed by atoms with E-state index in [1.165, 1.54) is 19.3 Å². The lowest BCUT2D eigenvalue weighted by Gasteiger charge is -2.23. The van der Waals surface area contributed by atoms with Crippen LogP contribution in [0.1, 0.15) is 31.7 Å². The van der Waals surface area contributed by atoms with Crippen LogP contribution in [0, 0.1) is 11.8 Å². The molecule has 1 heterocycles. The van der Waals surface area contributed by atoms with Crippen molar-refractivity contribution in [3.05, 3.63) is 34.9 Å². The Morgan fingerprint density at radius 3 is 2.90 bits per heavy atom. The van der Waals surface area contributed by atoms with E-state index in [0.29, 0.717) is 28.6 Å². The minimum absolute atomic E-state index is 0.0754. The van der Waals surface area contributed by atoms with Gasteiger partial charge in [-0.05, 0) is 43.2 Å². The van der Waals surface area contributed by atoms with Gasteiger partial charge in [-0.1, -0.05) is 12.5 Å². The second-order valence-corrected chi connectivity index (χ2v) is 6.06. The van der Waals surface area contributed by atoms with Crippen molar-refractivity contribution in [2.75, 3.05) is 7.11 Å². The molecule has 20 heavy (non-hydrogen) atoms. The summed E-state index contributed by atoms with van der Waals surface area (Å²) < 4.78 is 7.15. The molecule has 2 bridgehead atoms. The number of rotatable bonds is 2. The fraction of sp³-hybridized carbons (Fsp3) is 0.500. The maximum Gasteiger partial charge on any atom is 0.261 e. The van der Waals surface area contributed by atoms with Gasteiger partial charge in [0, 0.05) is 6.04 Å². The van der Waals surface area contributed by atoms with Crippen molar-refractivity contribution in [1.82, 2.24) is 9.55 Å². The van der Waals surface area contributed by atoms with Crippen LogP contribution in [-0.4, -0.2) is 16.7 Å². The SMILES string of the molecule is COc1cccc2c(=O)n([C@H]3C[C@H]4CC[C@@H]3C4)cnc12. The highest BCUT2D eigenvalue weighted by molar-refractivity contribution is 5.83. The number of benzene rings is 1. The second-order valence-electron chi connectivity index (χ2n) is 6.06. The molecular weight excluding hydrogens is 252 g/mol. The summed E-state index contributed by atoms with van der Waals surface area (Å²) in [5, 5.41) is 0.662. The van der Waals surface area contributed by atoms with Gasteiger partial charge in [0.1, 0.15) is 11.3 Å². The van der Waals surface area contributed by atoms with E-state index in [9.17, 15) is 4.79 Å². The molecule has 2 saturated carbocycles. The molecule has 1 aromatic carbocycles. The number of hydrogen-bond acceptors (Lipinski definition) is 3. The van der Waals surface area contributed by atoms with Crippen LogP contribution in [0.5, 0.6) is 5.75 Å². The van der Waals surface area contributed by atoms with Crippen molar-refractivity contribution >= 4 is 10.9 Å². The molecule has 3 atom stereocenters. The maximum absolute atomic E-state index is 12.7. The summed E-state index contributed by atoms with van der Waals surface area (Å²) in [5.74, 6) is 2.15. The highest BCUT2D eigenvalue weighted by Gasteiger charge is 2.40. The van der Waals surface area contributed by atoms with Crippen LogP contribution in [0.4, 0.5) is 0 Å². The molecular formula is C16H18N2O2. The molecule has 0 aliphatic heterocycles. The van der Waals surface area contributed by atoms with Gasteiger partial charge in [-0.3, -0.25) is 9.36 Å². The number of ether oxygens (including phenoxy) is 1. The smallest absolute Gasteiger partial charge is 0.261 e. The summed E-state index contributed by atoms with van der Waals surface area (Å²) in [7, 11) is 1.61. The van der Waals surface area contributed by atoms with E-state index in [2.05, 4.69) is 4.98 Å². The van der Waals surface area contributed by atoms with Crippen LogP contribution >= 0.6 is 0 Å². The fourth-order valence-corrected chi connectivity index (χ4v) is 4.09. The largest absolute Gasteiger partial charge is 0.494 e. The molecule has 0 N–H and O–H groups in total. The van der Waals surface area contributed by atoms with Crippen LogP contribution in [0.3, 0.4) is 0 Å². The van der Waals surface area contributed by atoms with Gasteiger partial charge in [-0.2, -0.15) is 0 Å². The van der Waals surface area contributed by atoms with Crippen LogP contribution in [0.15, 0.2) is 29.3 Å². The monoisotopic (exact) mass is 270 g/mol. The third-order valence-electron chi connectivity index (χ3n) is 5.05. The van der Waals surface area contributed by atoms with Crippen LogP contribution in [0.2, 0.25) is 0 Å². The van der Waals surface area contributed by atoms with E-state index < -0.39 is 0 Å². The molecule has 104 valence electrons. The lowest BCUT2D eigenvalue weighted by atomic mass is 9.95. The van der Waals surface area contributed by atoms with Crippen molar-refractivity contribution in [3.63, 3.8) is 0 Å². The number of para-hydroxylation sites is 1. The zero-order chi connectivity index (χ0) is 13.7. The Bertz CT molecular complexity index is 722. The first-order valence-electron chi connectivity index (χ1n) is 7.32. The highest BCUT2D eigenvalue weighted by atomic mass is 16.5. The highest BCUT2D eigenvalue weighted by Crippen LogP contribution is 2.50. The Hall–Kier alpha value is -1.84. The molecule has 0 radical (unpaired) electrons. The minimum atomic E-state index is 0.0754. The third kappa shape index (κ3) is 1.60. The van der Waals surface area contributed by atoms with Crippen LogP contribution < -0.4 is 10.3 Å². The van der Waals surface area contributed by atoms with Crippen molar-refractivity contribution in [1.29, 1.82) is 0 Å². The average Bonchev–Trinajstić information content (AvgIpc) is 3.10. The molecule has 0 unspecified atom stereocenters. The predicted octanol–water partition coefficient (Wildman–Crippen LogP) is 2.77. The first-order chi connectivity index (χ1) is 9.78. The zero-order valence-corrected chi connectivity index (χ0v) is 11.6. The number of hydrogen-bond donors (Lipinski definition) is 0. The third-order valence-corrected chi connectivity index (χ3v) is 5.05. The Morgan fingerprint density at radius 2 is 2.20 bits per heavy atom. The number of methoxy groups -OCH3 is 1. The van der Waals surface area contributed by atoms with Crippen molar-refractivity contribution in [2.45, 2.75) is 31.7 Å². The van der Waals surface area contributed by atoms with Crippen LogP contribution in [0.25, 0.3) is 10.9 Å². The Balaban J connectivity index is 1.86. The molecule has 4 nitrogen and oxygen atoms in total. The van der Waals surface area contributed by atoms with E-state index in [1.54, 1.807) is 13.4 Å². The van der Waals surface area contributed by atoms with Crippen molar-refractivity contribution < 1.29 is 4.74 Å². The van der Waals surface area contributed by atoms with Gasteiger partial charge in [-0.15, -0.1) is 0 Å². The minimum Gasteiger partial charge on any atom is -0.494 e. The standard InChI is InChI=1S/C16H18N2O2/c1-20-14-4-2-3-12-15(14)17-9-18(16(12)19)13-8-10-5-6-11(13)7-10/h2-4,9-11,13H,5-8H2,1H3/t10-,11+,13-/m0/s1. The van der Waals surface area contributed by atoms with Crippen molar-refractivity contribution in [3.8, 4) is 5.75 Å². The molecule has 1 aromatic heterocycles. The predicted molar refractivity (Wildman–Crippen MR) is 77.0 cm³/mol. The molecule has 0 amide bonds. The van der Waals surface area contributed by atoms with Crippen LogP contribution in [-0.2, 0) is 0 Å². The van der Waals surface area contributed by atoms with Gasteiger partial charge in [0.15, 0.2) is 0 Å². The van der Waals surface area contributed by atoms with Crippen molar-refractivity contribution in [2.24, 2.45) is 11.8 Å². The van der Waals surface area contributed by atoms with Gasteiger partial charge in [0.05, 0.1) is 18.8 Å². The van der Waals surface area contributed by atoms with Gasteiger partial charge < -0.3 is 4.74 Å². The molecule has 2 aromatic rings. The fourth-order valence-electron chi connectivity index (χ4n) is 4.09. The lowest BCUT2D eigenvalue weighted by Crippen LogP contribution is -2.28. The quantitative estimate of drug-likeness (QED) is 0.843. The lowest BCUT2D eigenvalue weighted by molar-refractivity contribution is 0.321. The van der Waals surface area contributed by atoms with Gasteiger partial charge >= 0.3 is 0 Å². The summed E-state index contributed by atoms with van der Waals surface area (Å²) in [6.07, 6.45) is 6.75. The number of aromatic nitrogens is 2. The Morgan fingerprint density at radius 1 is 1.30 bits per heavy atom. The normalized spacial score (nSPS) is 28.1. The van der Waals surface area contributed by atoms with E-state index in [0.717, 1.165) is 12.3 Å². The van der Waals surface area contributed by atoms with Gasteiger partial charge in [-0.25, -0.2) is 4.98 Å². The van der Waals surface area contributed by atoms with E-state index in [1.807, 2.05) is 22.8 Å². The molecule has 0 spiro atoms. The van der Waals surface area contributed by atoms with Gasteiger partial charge in [0.2, 0.25) is 0 Å². The maximum atomic E-state index is 12.7. The number of fused-ring (bicyclic) bond motifs is 3. The molecule has 4 heteroatoms. The molecule has 4 rings (SSSR count). The Labute approximate surface area is 117 Å². The summed E-state index contributed by atoms with van der Waals surface area (Å²) in [6, 6.07) is 5.90. The summed E-state index contributed by atoms with van der Waals surface area (Å²) in [4.78, 5) is 17.2. The zero-order valence-electron chi connectivity index (χ0n) is 11.6. The average molecular weight is 270 g/mol. The topological polar surface area (TPSA) is 44.1 Å². The summed E-state index contributed by atoms with van der Waals surface area (Å²) >= 11 is 0. The van der Waals surface area contributed by atoms with E-state index in [4.69, 9.17) is 4.74 Å². The summed E-state index contributed by atoms with van der Waals surface area (Å²) in [5.41, 5.74) is 0.742. The molecule has 2 fully saturated rings. The number of nitrogens with zero attached hydrogens (tertiary/aromatic N) is 2. The van der Waals surface area contributed by atoms with Gasteiger partial charge in [0.25, 0.3) is 5.56 Å². The Kier molecular flexibility index (Phi) is 2.59. The molecule has 2 aliphatic rings. The molecule has 2 aliphatic carbocycles.